The Labute approximate surface area is 122 Å². The van der Waals surface area contributed by atoms with Crippen molar-refractivity contribution in [2.24, 2.45) is 0 Å². The molecule has 2 N–H and O–H groups in total. The summed E-state index contributed by atoms with van der Waals surface area (Å²) in [6, 6.07) is 6.06. The zero-order chi connectivity index (χ0) is 15.4. The summed E-state index contributed by atoms with van der Waals surface area (Å²) in [7, 11) is 5.08. The van der Waals surface area contributed by atoms with Crippen molar-refractivity contribution in [2.45, 2.75) is 6.61 Å². The van der Waals surface area contributed by atoms with Crippen molar-refractivity contribution in [2.75, 3.05) is 31.4 Å². The van der Waals surface area contributed by atoms with Crippen LogP contribution in [-0.2, 0) is 6.61 Å². The van der Waals surface area contributed by atoms with E-state index in [0.29, 0.717) is 23.1 Å². The summed E-state index contributed by atoms with van der Waals surface area (Å²) in [5.41, 5.74) is 1.08. The second-order valence-electron chi connectivity index (χ2n) is 4.57. The van der Waals surface area contributed by atoms with Crippen LogP contribution in [0.5, 0.6) is 5.75 Å². The fourth-order valence-electron chi connectivity index (χ4n) is 1.72. The average Bonchev–Trinajstić information content (AvgIpc) is 2.48. The zero-order valence-electron chi connectivity index (χ0n) is 12.1. The number of nitrogens with one attached hydrogen (secondary N) is 1. The number of hydrogen-bond acceptors (Lipinski definition) is 6. The lowest BCUT2D eigenvalue weighted by atomic mass is 10.3. The fourth-order valence-corrected chi connectivity index (χ4v) is 1.72. The number of aromatic nitrogens is 2. The second-order valence-corrected chi connectivity index (χ2v) is 4.57. The van der Waals surface area contributed by atoms with Crippen LogP contribution in [0.25, 0.3) is 0 Å². The van der Waals surface area contributed by atoms with Gasteiger partial charge in [-0.1, -0.05) is 0 Å². The molecule has 0 saturated carbocycles. The van der Waals surface area contributed by atoms with Gasteiger partial charge in [-0.2, -0.15) is 4.98 Å². The number of ether oxygens (including phenoxy) is 1. The molecule has 7 heteroatoms. The van der Waals surface area contributed by atoms with Gasteiger partial charge in [-0.05, 0) is 12.1 Å². The van der Waals surface area contributed by atoms with Crippen molar-refractivity contribution in [3.05, 3.63) is 35.8 Å². The van der Waals surface area contributed by atoms with Crippen molar-refractivity contribution in [1.29, 1.82) is 0 Å². The van der Waals surface area contributed by atoms with E-state index in [1.54, 1.807) is 17.0 Å². The number of anilines is 3. The summed E-state index contributed by atoms with van der Waals surface area (Å²) >= 11 is 0. The quantitative estimate of drug-likeness (QED) is 0.877. The summed E-state index contributed by atoms with van der Waals surface area (Å²) in [4.78, 5) is 10.3. The van der Waals surface area contributed by atoms with Crippen molar-refractivity contribution in [1.82, 2.24) is 9.97 Å². The highest BCUT2D eigenvalue weighted by atomic mass is 19.1. The molecule has 0 aliphatic rings. The lowest BCUT2D eigenvalue weighted by molar-refractivity contribution is 0.277. The van der Waals surface area contributed by atoms with Crippen LogP contribution in [-0.4, -0.2) is 36.3 Å². The highest BCUT2D eigenvalue weighted by molar-refractivity contribution is 5.57. The van der Waals surface area contributed by atoms with E-state index in [4.69, 9.17) is 4.74 Å². The molecular weight excluding hydrogens is 275 g/mol. The smallest absolute Gasteiger partial charge is 0.229 e. The van der Waals surface area contributed by atoms with Gasteiger partial charge in [-0.25, -0.2) is 9.37 Å². The van der Waals surface area contributed by atoms with Crippen LogP contribution in [0.4, 0.5) is 21.8 Å². The third kappa shape index (κ3) is 3.57. The maximum atomic E-state index is 13.4. The van der Waals surface area contributed by atoms with Crippen LogP contribution in [0.15, 0.2) is 24.3 Å². The minimum Gasteiger partial charge on any atom is -0.494 e. The van der Waals surface area contributed by atoms with Crippen LogP contribution in [0, 0.1) is 5.82 Å². The number of methoxy groups -OCH3 is 1. The van der Waals surface area contributed by atoms with Gasteiger partial charge < -0.3 is 20.1 Å². The molecule has 1 aromatic heterocycles. The van der Waals surface area contributed by atoms with E-state index < -0.39 is 5.82 Å². The molecule has 6 nitrogen and oxygen atoms in total. The molecule has 0 aliphatic carbocycles. The molecule has 112 valence electrons. The predicted octanol–water partition coefficient (Wildman–Crippen LogP) is 1.93. The van der Waals surface area contributed by atoms with Gasteiger partial charge in [0, 0.05) is 31.9 Å². The lowest BCUT2D eigenvalue weighted by Gasteiger charge is -2.14. The van der Waals surface area contributed by atoms with Crippen LogP contribution in [0.3, 0.4) is 0 Å². The highest BCUT2D eigenvalue weighted by Gasteiger charge is 2.08. The first kappa shape index (κ1) is 15.0. The van der Waals surface area contributed by atoms with Gasteiger partial charge in [-0.3, -0.25) is 0 Å². The van der Waals surface area contributed by atoms with Crippen LogP contribution in [0.1, 0.15) is 5.69 Å². The van der Waals surface area contributed by atoms with E-state index in [9.17, 15) is 9.50 Å². The number of halogens is 1. The molecule has 0 amide bonds. The molecule has 0 radical (unpaired) electrons. The number of benzene rings is 1. The number of hydrogen-bond donors (Lipinski definition) is 2. The van der Waals surface area contributed by atoms with E-state index in [2.05, 4.69) is 15.3 Å². The SMILES string of the molecule is COc1cc(Nc2nc(CO)cc(N(C)C)n2)ccc1F. The maximum Gasteiger partial charge on any atom is 0.229 e. The van der Waals surface area contributed by atoms with Gasteiger partial charge in [-0.15, -0.1) is 0 Å². The molecule has 0 spiro atoms. The van der Waals surface area contributed by atoms with Gasteiger partial charge in [0.15, 0.2) is 11.6 Å². The Bertz CT molecular complexity index is 634. The first-order valence-electron chi connectivity index (χ1n) is 6.30. The standard InChI is InChI=1S/C14H17FN4O2/c1-19(2)13-7-10(8-20)17-14(18-13)16-9-4-5-11(15)12(6-9)21-3/h4-7,20H,8H2,1-3H3,(H,16,17,18). The molecule has 0 aliphatic heterocycles. The van der Waals surface area contributed by atoms with Crippen LogP contribution >= 0.6 is 0 Å². The molecule has 0 atom stereocenters. The van der Waals surface area contributed by atoms with Crippen molar-refractivity contribution >= 4 is 17.5 Å². The van der Waals surface area contributed by atoms with Crippen molar-refractivity contribution in [3.63, 3.8) is 0 Å². The summed E-state index contributed by atoms with van der Waals surface area (Å²) in [5.74, 6) is 0.665. The van der Waals surface area contributed by atoms with E-state index in [1.165, 1.54) is 19.2 Å². The molecule has 0 fully saturated rings. The van der Waals surface area contributed by atoms with Gasteiger partial charge in [0.2, 0.25) is 5.95 Å². The summed E-state index contributed by atoms with van der Waals surface area (Å²) < 4.78 is 18.3. The van der Waals surface area contributed by atoms with E-state index in [1.807, 2.05) is 14.1 Å². The molecule has 1 aromatic carbocycles. The monoisotopic (exact) mass is 292 g/mol. The predicted molar refractivity (Wildman–Crippen MR) is 78.5 cm³/mol. The Balaban J connectivity index is 2.32. The lowest BCUT2D eigenvalue weighted by Crippen LogP contribution is -2.13. The third-order valence-corrected chi connectivity index (χ3v) is 2.79. The normalized spacial score (nSPS) is 10.3. The van der Waals surface area contributed by atoms with Crippen LogP contribution < -0.4 is 15.0 Å². The highest BCUT2D eigenvalue weighted by Crippen LogP contribution is 2.24. The number of aliphatic hydroxyl groups excluding tert-OH is 1. The second kappa shape index (κ2) is 6.36. The number of aliphatic hydroxyl groups is 1. The zero-order valence-corrected chi connectivity index (χ0v) is 12.1. The van der Waals surface area contributed by atoms with Gasteiger partial charge in [0.05, 0.1) is 19.4 Å². The Hall–Kier alpha value is -2.41. The van der Waals surface area contributed by atoms with Crippen LogP contribution in [0.2, 0.25) is 0 Å². The fraction of sp³-hybridized carbons (Fsp3) is 0.286. The Morgan fingerprint density at radius 3 is 2.67 bits per heavy atom. The first-order chi connectivity index (χ1) is 10.0. The minimum absolute atomic E-state index is 0.131. The summed E-state index contributed by atoms with van der Waals surface area (Å²) in [5, 5.41) is 12.2. The topological polar surface area (TPSA) is 70.5 Å². The molecule has 1 heterocycles. The maximum absolute atomic E-state index is 13.4. The van der Waals surface area contributed by atoms with E-state index in [-0.39, 0.29) is 12.4 Å². The number of rotatable bonds is 5. The first-order valence-corrected chi connectivity index (χ1v) is 6.30. The molecule has 21 heavy (non-hydrogen) atoms. The Morgan fingerprint density at radius 2 is 2.05 bits per heavy atom. The third-order valence-electron chi connectivity index (χ3n) is 2.79. The van der Waals surface area contributed by atoms with E-state index >= 15 is 0 Å². The molecular formula is C14H17FN4O2. The van der Waals surface area contributed by atoms with E-state index in [0.717, 1.165) is 0 Å². The van der Waals surface area contributed by atoms with Crippen molar-refractivity contribution < 1.29 is 14.2 Å². The summed E-state index contributed by atoms with van der Waals surface area (Å²) in [6.07, 6.45) is 0. The average molecular weight is 292 g/mol. The molecule has 0 unspecified atom stereocenters. The molecule has 2 aromatic rings. The summed E-state index contributed by atoms with van der Waals surface area (Å²) in [6.45, 7) is -0.190. The Morgan fingerprint density at radius 1 is 1.29 bits per heavy atom. The van der Waals surface area contributed by atoms with Gasteiger partial charge >= 0.3 is 0 Å². The molecule has 2 rings (SSSR count). The molecule has 0 saturated heterocycles. The Kier molecular flexibility index (Phi) is 4.54. The molecule has 0 bridgehead atoms. The number of nitrogens with zero attached hydrogens (tertiary/aromatic N) is 3. The van der Waals surface area contributed by atoms with Gasteiger partial charge in [0.1, 0.15) is 5.82 Å². The van der Waals surface area contributed by atoms with Gasteiger partial charge in [0.25, 0.3) is 0 Å². The minimum atomic E-state index is -0.443. The van der Waals surface area contributed by atoms with Crippen molar-refractivity contribution in [3.8, 4) is 5.75 Å². The largest absolute Gasteiger partial charge is 0.494 e.